The van der Waals surface area contributed by atoms with Crippen LogP contribution in [0.2, 0.25) is 0 Å². The molecule has 0 saturated carbocycles. The smallest absolute Gasteiger partial charge is 0.165 e. The molecular formula is C15H14BrF2NO. The number of hydrogen-bond acceptors (Lipinski definition) is 2. The van der Waals surface area contributed by atoms with Gasteiger partial charge >= 0.3 is 0 Å². The Hall–Kier alpha value is -1.46. The molecule has 0 radical (unpaired) electrons. The quantitative estimate of drug-likeness (QED) is 0.893. The average molecular weight is 342 g/mol. The zero-order valence-electron chi connectivity index (χ0n) is 10.9. The molecule has 1 atom stereocenters. The lowest BCUT2D eigenvalue weighted by Gasteiger charge is -2.11. The predicted molar refractivity (Wildman–Crippen MR) is 77.9 cm³/mol. The standard InChI is InChI=1S/C15H14BrF2NO/c1-9(19)6-10-2-4-12(8-13(10)16)20-15-7-11(17)3-5-14(15)18/h2-5,7-9H,6,19H2,1H3. The van der Waals surface area contributed by atoms with Crippen LogP contribution in [0.5, 0.6) is 11.5 Å². The van der Waals surface area contributed by atoms with Crippen LogP contribution in [0.1, 0.15) is 12.5 Å². The van der Waals surface area contributed by atoms with E-state index in [0.717, 1.165) is 34.7 Å². The van der Waals surface area contributed by atoms with Crippen molar-refractivity contribution in [3.63, 3.8) is 0 Å². The highest BCUT2D eigenvalue weighted by atomic mass is 79.9. The van der Waals surface area contributed by atoms with Crippen LogP contribution in [0.15, 0.2) is 40.9 Å². The molecule has 0 saturated heterocycles. The number of nitrogens with two attached hydrogens (primary N) is 1. The van der Waals surface area contributed by atoms with Crippen molar-refractivity contribution in [2.75, 3.05) is 0 Å². The van der Waals surface area contributed by atoms with E-state index < -0.39 is 11.6 Å². The van der Waals surface area contributed by atoms with Gasteiger partial charge in [0, 0.05) is 16.6 Å². The summed E-state index contributed by atoms with van der Waals surface area (Å²) in [4.78, 5) is 0. The van der Waals surface area contributed by atoms with Crippen LogP contribution in [0.3, 0.4) is 0 Å². The van der Waals surface area contributed by atoms with Gasteiger partial charge in [-0.3, -0.25) is 0 Å². The van der Waals surface area contributed by atoms with Crippen molar-refractivity contribution >= 4 is 15.9 Å². The maximum absolute atomic E-state index is 13.5. The van der Waals surface area contributed by atoms with Crippen molar-refractivity contribution in [2.24, 2.45) is 5.73 Å². The molecule has 0 fully saturated rings. The Morgan fingerprint density at radius 3 is 2.60 bits per heavy atom. The maximum atomic E-state index is 13.5. The molecular weight excluding hydrogens is 328 g/mol. The highest BCUT2D eigenvalue weighted by Gasteiger charge is 2.09. The summed E-state index contributed by atoms with van der Waals surface area (Å²) >= 11 is 3.42. The molecule has 1 unspecified atom stereocenters. The highest BCUT2D eigenvalue weighted by Crippen LogP contribution is 2.29. The summed E-state index contributed by atoms with van der Waals surface area (Å²) in [6.45, 7) is 1.92. The minimum atomic E-state index is -0.609. The summed E-state index contributed by atoms with van der Waals surface area (Å²) < 4.78 is 32.7. The Morgan fingerprint density at radius 2 is 1.95 bits per heavy atom. The summed E-state index contributed by atoms with van der Waals surface area (Å²) in [6, 6.07) is 8.39. The lowest BCUT2D eigenvalue weighted by molar-refractivity contribution is 0.436. The minimum Gasteiger partial charge on any atom is -0.454 e. The van der Waals surface area contributed by atoms with Crippen molar-refractivity contribution in [3.8, 4) is 11.5 Å². The van der Waals surface area contributed by atoms with Gasteiger partial charge in [0.1, 0.15) is 11.6 Å². The van der Waals surface area contributed by atoms with Crippen molar-refractivity contribution in [1.29, 1.82) is 0 Å². The number of halogens is 3. The third-order valence-corrected chi connectivity index (χ3v) is 3.43. The third-order valence-electron chi connectivity index (χ3n) is 2.69. The molecule has 2 aromatic rings. The van der Waals surface area contributed by atoms with Gasteiger partial charge in [0.15, 0.2) is 11.6 Å². The van der Waals surface area contributed by atoms with Crippen LogP contribution in [-0.4, -0.2) is 6.04 Å². The first-order valence-electron chi connectivity index (χ1n) is 6.12. The van der Waals surface area contributed by atoms with E-state index in [4.69, 9.17) is 10.5 Å². The van der Waals surface area contributed by atoms with E-state index >= 15 is 0 Å². The second kappa shape index (κ2) is 6.33. The number of rotatable bonds is 4. The Kier molecular flexibility index (Phi) is 4.73. The van der Waals surface area contributed by atoms with Gasteiger partial charge < -0.3 is 10.5 Å². The summed E-state index contributed by atoms with van der Waals surface area (Å²) in [5, 5.41) is 0. The van der Waals surface area contributed by atoms with Crippen LogP contribution in [0, 0.1) is 11.6 Å². The van der Waals surface area contributed by atoms with Crippen molar-refractivity contribution in [1.82, 2.24) is 0 Å². The normalized spacial score (nSPS) is 12.2. The van der Waals surface area contributed by atoms with Crippen LogP contribution in [0.4, 0.5) is 8.78 Å². The van der Waals surface area contributed by atoms with Gasteiger partial charge in [-0.2, -0.15) is 0 Å². The molecule has 0 aliphatic rings. The van der Waals surface area contributed by atoms with E-state index in [2.05, 4.69) is 15.9 Å². The Labute approximate surface area is 124 Å². The zero-order chi connectivity index (χ0) is 14.7. The van der Waals surface area contributed by atoms with Crippen molar-refractivity contribution in [2.45, 2.75) is 19.4 Å². The summed E-state index contributed by atoms with van der Waals surface area (Å²) in [7, 11) is 0. The first-order valence-corrected chi connectivity index (χ1v) is 6.92. The lowest BCUT2D eigenvalue weighted by atomic mass is 10.1. The third kappa shape index (κ3) is 3.77. The van der Waals surface area contributed by atoms with Crippen molar-refractivity contribution in [3.05, 3.63) is 58.1 Å². The van der Waals surface area contributed by atoms with Gasteiger partial charge in [-0.1, -0.05) is 22.0 Å². The van der Waals surface area contributed by atoms with Gasteiger partial charge in [-0.25, -0.2) is 8.78 Å². The maximum Gasteiger partial charge on any atom is 0.165 e. The van der Waals surface area contributed by atoms with E-state index in [0.29, 0.717) is 5.75 Å². The molecule has 0 amide bonds. The molecule has 0 heterocycles. The number of benzene rings is 2. The zero-order valence-corrected chi connectivity index (χ0v) is 12.5. The van der Waals surface area contributed by atoms with E-state index in [1.807, 2.05) is 13.0 Å². The lowest BCUT2D eigenvalue weighted by Crippen LogP contribution is -2.17. The summed E-state index contributed by atoms with van der Waals surface area (Å²) in [5.41, 5.74) is 6.78. The average Bonchev–Trinajstić information content (AvgIpc) is 2.37. The molecule has 20 heavy (non-hydrogen) atoms. The molecule has 2 aromatic carbocycles. The minimum absolute atomic E-state index is 0.0405. The van der Waals surface area contributed by atoms with E-state index in [9.17, 15) is 8.78 Å². The van der Waals surface area contributed by atoms with Crippen LogP contribution in [-0.2, 0) is 6.42 Å². The van der Waals surface area contributed by atoms with Crippen LogP contribution >= 0.6 is 15.9 Å². The fourth-order valence-corrected chi connectivity index (χ4v) is 2.31. The molecule has 0 aromatic heterocycles. The van der Waals surface area contributed by atoms with Gasteiger partial charge in [-0.05, 0) is 43.2 Å². The molecule has 2 N–H and O–H groups in total. The van der Waals surface area contributed by atoms with Crippen molar-refractivity contribution < 1.29 is 13.5 Å². The molecule has 0 spiro atoms. The molecule has 106 valence electrons. The van der Waals surface area contributed by atoms with E-state index in [-0.39, 0.29) is 11.8 Å². The van der Waals surface area contributed by atoms with Crippen LogP contribution < -0.4 is 10.5 Å². The largest absolute Gasteiger partial charge is 0.454 e. The molecule has 0 bridgehead atoms. The first kappa shape index (κ1) is 14.9. The second-order valence-corrected chi connectivity index (χ2v) is 5.47. The van der Waals surface area contributed by atoms with Gasteiger partial charge in [0.2, 0.25) is 0 Å². The highest BCUT2D eigenvalue weighted by molar-refractivity contribution is 9.10. The Balaban J connectivity index is 2.22. The van der Waals surface area contributed by atoms with Crippen LogP contribution in [0.25, 0.3) is 0 Å². The summed E-state index contributed by atoms with van der Waals surface area (Å²) in [6.07, 6.45) is 0.717. The Morgan fingerprint density at radius 1 is 1.20 bits per heavy atom. The Bertz CT molecular complexity index is 617. The predicted octanol–water partition coefficient (Wildman–Crippen LogP) is 4.41. The topological polar surface area (TPSA) is 35.2 Å². The van der Waals surface area contributed by atoms with Gasteiger partial charge in [-0.15, -0.1) is 0 Å². The fourth-order valence-electron chi connectivity index (χ4n) is 1.79. The number of hydrogen-bond donors (Lipinski definition) is 1. The van der Waals surface area contributed by atoms with E-state index in [1.54, 1.807) is 12.1 Å². The fraction of sp³-hybridized carbons (Fsp3) is 0.200. The summed E-state index contributed by atoms with van der Waals surface area (Å²) in [5.74, 6) is -0.872. The second-order valence-electron chi connectivity index (χ2n) is 4.61. The molecule has 2 nitrogen and oxygen atoms in total. The molecule has 5 heteroatoms. The monoisotopic (exact) mass is 341 g/mol. The number of ether oxygens (including phenoxy) is 1. The van der Waals surface area contributed by atoms with E-state index in [1.165, 1.54) is 0 Å². The first-order chi connectivity index (χ1) is 9.45. The SMILES string of the molecule is CC(N)Cc1ccc(Oc2cc(F)ccc2F)cc1Br. The molecule has 2 rings (SSSR count). The molecule has 0 aliphatic heterocycles. The van der Waals surface area contributed by atoms with Gasteiger partial charge in [0.05, 0.1) is 0 Å². The van der Waals surface area contributed by atoms with Gasteiger partial charge in [0.25, 0.3) is 0 Å². The molecule has 0 aliphatic carbocycles.